The Morgan fingerprint density at radius 2 is 1.80 bits per heavy atom. The zero-order chi connectivity index (χ0) is 10.9. The molecule has 1 aliphatic heterocycles. The van der Waals surface area contributed by atoms with E-state index in [0.29, 0.717) is 0 Å². The summed E-state index contributed by atoms with van der Waals surface area (Å²) in [4.78, 5) is 4.55. The standard InChI is InChI=1S/C12H24N2O/c1-3-5-7-13-8-9-14(11-13)12-15-10-6-4-2/h8-9H,3-7,10-12H2,1-2H3. The third kappa shape index (κ3) is 5.07. The van der Waals surface area contributed by atoms with Gasteiger partial charge in [0.1, 0.15) is 6.73 Å². The van der Waals surface area contributed by atoms with E-state index in [0.717, 1.165) is 26.4 Å². The van der Waals surface area contributed by atoms with Gasteiger partial charge in [-0.2, -0.15) is 0 Å². The molecule has 0 atom stereocenters. The molecule has 0 aromatic rings. The minimum absolute atomic E-state index is 0.735. The molecule has 0 amide bonds. The number of unbranched alkanes of at least 4 members (excludes halogenated alkanes) is 2. The maximum atomic E-state index is 5.56. The van der Waals surface area contributed by atoms with Crippen LogP contribution in [0.5, 0.6) is 0 Å². The minimum Gasteiger partial charge on any atom is -0.361 e. The van der Waals surface area contributed by atoms with Gasteiger partial charge in [0.15, 0.2) is 0 Å². The minimum atomic E-state index is 0.735. The molecule has 0 bridgehead atoms. The summed E-state index contributed by atoms with van der Waals surface area (Å²) in [5.74, 6) is 0. The van der Waals surface area contributed by atoms with Crippen LogP contribution in [0, 0.1) is 0 Å². The van der Waals surface area contributed by atoms with Crippen molar-refractivity contribution in [2.75, 3.05) is 26.6 Å². The second-order valence-electron chi connectivity index (χ2n) is 4.09. The van der Waals surface area contributed by atoms with Crippen LogP contribution in [0.3, 0.4) is 0 Å². The van der Waals surface area contributed by atoms with Gasteiger partial charge in [-0.3, -0.25) is 0 Å². The van der Waals surface area contributed by atoms with Gasteiger partial charge in [0, 0.05) is 25.6 Å². The summed E-state index contributed by atoms with van der Waals surface area (Å²) in [5.41, 5.74) is 0. The molecule has 0 unspecified atom stereocenters. The highest BCUT2D eigenvalue weighted by atomic mass is 16.5. The molecule has 0 spiro atoms. The van der Waals surface area contributed by atoms with Crippen LogP contribution in [0.4, 0.5) is 0 Å². The first-order chi connectivity index (χ1) is 7.36. The van der Waals surface area contributed by atoms with Gasteiger partial charge in [0.2, 0.25) is 0 Å². The van der Waals surface area contributed by atoms with Crippen LogP contribution < -0.4 is 0 Å². The van der Waals surface area contributed by atoms with Crippen molar-refractivity contribution in [2.45, 2.75) is 39.5 Å². The molecule has 0 radical (unpaired) electrons. The first kappa shape index (κ1) is 12.4. The highest BCUT2D eigenvalue weighted by molar-refractivity contribution is 4.89. The molecule has 1 heterocycles. The number of nitrogens with zero attached hydrogens (tertiary/aromatic N) is 2. The van der Waals surface area contributed by atoms with Crippen molar-refractivity contribution in [2.24, 2.45) is 0 Å². The number of hydrogen-bond donors (Lipinski definition) is 0. The quantitative estimate of drug-likeness (QED) is 0.575. The van der Waals surface area contributed by atoms with Gasteiger partial charge in [-0.25, -0.2) is 0 Å². The Balaban J connectivity index is 2.02. The summed E-state index contributed by atoms with van der Waals surface area (Å²) in [6, 6.07) is 0. The SMILES string of the molecule is CCCCOCN1C=CN(CCCC)C1. The molecule has 0 saturated carbocycles. The predicted octanol–water partition coefficient (Wildman–Crippen LogP) is 2.61. The molecule has 0 aromatic heterocycles. The molecule has 3 heteroatoms. The van der Waals surface area contributed by atoms with Gasteiger partial charge in [-0.15, -0.1) is 0 Å². The van der Waals surface area contributed by atoms with Crippen molar-refractivity contribution >= 4 is 0 Å². The summed E-state index contributed by atoms with van der Waals surface area (Å²) >= 11 is 0. The summed E-state index contributed by atoms with van der Waals surface area (Å²) in [5, 5.41) is 0. The fourth-order valence-electron chi connectivity index (χ4n) is 1.53. The molecule has 0 saturated heterocycles. The van der Waals surface area contributed by atoms with Crippen molar-refractivity contribution in [3.8, 4) is 0 Å². The lowest BCUT2D eigenvalue weighted by molar-refractivity contribution is 0.0430. The lowest BCUT2D eigenvalue weighted by Crippen LogP contribution is -2.27. The van der Waals surface area contributed by atoms with Gasteiger partial charge in [0.25, 0.3) is 0 Å². The molecular weight excluding hydrogens is 188 g/mol. The second-order valence-corrected chi connectivity index (χ2v) is 4.09. The maximum Gasteiger partial charge on any atom is 0.119 e. The number of hydrogen-bond acceptors (Lipinski definition) is 3. The van der Waals surface area contributed by atoms with Gasteiger partial charge in [0.05, 0.1) is 6.67 Å². The summed E-state index contributed by atoms with van der Waals surface area (Å²) in [6.07, 6.45) is 9.20. The average molecular weight is 212 g/mol. The molecular formula is C12H24N2O. The van der Waals surface area contributed by atoms with Crippen LogP contribution >= 0.6 is 0 Å². The summed E-state index contributed by atoms with van der Waals surface area (Å²) in [6.45, 7) is 8.19. The molecule has 15 heavy (non-hydrogen) atoms. The smallest absolute Gasteiger partial charge is 0.119 e. The number of rotatable bonds is 8. The molecule has 0 aromatic carbocycles. The predicted molar refractivity (Wildman–Crippen MR) is 63.2 cm³/mol. The highest BCUT2D eigenvalue weighted by Crippen LogP contribution is 2.07. The third-order valence-electron chi connectivity index (χ3n) is 2.55. The van der Waals surface area contributed by atoms with Crippen molar-refractivity contribution in [1.82, 2.24) is 9.80 Å². The monoisotopic (exact) mass is 212 g/mol. The van der Waals surface area contributed by atoms with E-state index in [2.05, 4.69) is 36.0 Å². The van der Waals surface area contributed by atoms with Crippen LogP contribution in [0.15, 0.2) is 12.4 Å². The van der Waals surface area contributed by atoms with Crippen molar-refractivity contribution in [1.29, 1.82) is 0 Å². The third-order valence-corrected chi connectivity index (χ3v) is 2.55. The Morgan fingerprint density at radius 1 is 1.07 bits per heavy atom. The van der Waals surface area contributed by atoms with Gasteiger partial charge >= 0.3 is 0 Å². The van der Waals surface area contributed by atoms with Crippen LogP contribution in [-0.4, -0.2) is 36.4 Å². The fraction of sp³-hybridized carbons (Fsp3) is 0.833. The van der Waals surface area contributed by atoms with E-state index in [1.165, 1.54) is 25.8 Å². The van der Waals surface area contributed by atoms with Crippen LogP contribution in [0.2, 0.25) is 0 Å². The Bertz CT molecular complexity index is 182. The normalized spacial score (nSPS) is 15.3. The van der Waals surface area contributed by atoms with Crippen molar-refractivity contribution in [3.63, 3.8) is 0 Å². The number of ether oxygens (including phenoxy) is 1. The molecule has 88 valence electrons. The topological polar surface area (TPSA) is 15.7 Å². The van der Waals surface area contributed by atoms with E-state index >= 15 is 0 Å². The highest BCUT2D eigenvalue weighted by Gasteiger charge is 2.10. The van der Waals surface area contributed by atoms with E-state index in [4.69, 9.17) is 4.74 Å². The molecule has 0 aliphatic carbocycles. The van der Waals surface area contributed by atoms with Gasteiger partial charge in [-0.05, 0) is 12.8 Å². The molecule has 0 fully saturated rings. The Morgan fingerprint density at radius 3 is 2.53 bits per heavy atom. The van der Waals surface area contributed by atoms with E-state index < -0.39 is 0 Å². The zero-order valence-electron chi connectivity index (χ0n) is 10.1. The Kier molecular flexibility index (Phi) is 6.25. The zero-order valence-corrected chi connectivity index (χ0v) is 10.1. The van der Waals surface area contributed by atoms with Crippen molar-refractivity contribution < 1.29 is 4.74 Å². The maximum absolute atomic E-state index is 5.56. The molecule has 1 rings (SSSR count). The Labute approximate surface area is 93.7 Å². The van der Waals surface area contributed by atoms with Crippen molar-refractivity contribution in [3.05, 3.63) is 12.4 Å². The van der Waals surface area contributed by atoms with E-state index in [1.807, 2.05) is 0 Å². The fourth-order valence-corrected chi connectivity index (χ4v) is 1.53. The van der Waals surface area contributed by atoms with E-state index in [-0.39, 0.29) is 0 Å². The van der Waals surface area contributed by atoms with Crippen LogP contribution in [0.25, 0.3) is 0 Å². The lowest BCUT2D eigenvalue weighted by Gasteiger charge is -2.20. The van der Waals surface area contributed by atoms with Gasteiger partial charge in [-0.1, -0.05) is 26.7 Å². The molecule has 0 N–H and O–H groups in total. The van der Waals surface area contributed by atoms with Crippen LogP contribution in [0.1, 0.15) is 39.5 Å². The van der Waals surface area contributed by atoms with Crippen LogP contribution in [-0.2, 0) is 4.74 Å². The summed E-state index contributed by atoms with van der Waals surface area (Å²) in [7, 11) is 0. The largest absolute Gasteiger partial charge is 0.361 e. The lowest BCUT2D eigenvalue weighted by atomic mass is 10.3. The van der Waals surface area contributed by atoms with E-state index in [1.54, 1.807) is 0 Å². The Hall–Kier alpha value is -0.700. The van der Waals surface area contributed by atoms with E-state index in [9.17, 15) is 0 Å². The second kappa shape index (κ2) is 7.57. The first-order valence-corrected chi connectivity index (χ1v) is 6.11. The molecule has 1 aliphatic rings. The summed E-state index contributed by atoms with van der Waals surface area (Å²) < 4.78 is 5.56. The average Bonchev–Trinajstić information content (AvgIpc) is 2.69. The van der Waals surface area contributed by atoms with Gasteiger partial charge < -0.3 is 14.5 Å². The first-order valence-electron chi connectivity index (χ1n) is 6.11. The molecule has 3 nitrogen and oxygen atoms in total.